The summed E-state index contributed by atoms with van der Waals surface area (Å²) in [6.45, 7) is 7.19. The summed E-state index contributed by atoms with van der Waals surface area (Å²) >= 11 is 0. The van der Waals surface area contributed by atoms with Crippen molar-refractivity contribution < 1.29 is 9.59 Å². The summed E-state index contributed by atoms with van der Waals surface area (Å²) in [6, 6.07) is 7.00. The highest BCUT2D eigenvalue weighted by Gasteiger charge is 2.15. The van der Waals surface area contributed by atoms with Crippen LogP contribution in [-0.4, -0.2) is 11.6 Å². The fourth-order valence-electron chi connectivity index (χ4n) is 1.71. The van der Waals surface area contributed by atoms with Gasteiger partial charge in [0.2, 0.25) is 0 Å². The third kappa shape index (κ3) is 3.81. The van der Waals surface area contributed by atoms with Crippen LogP contribution in [0.4, 0.5) is 0 Å². The number of Topliss-reactive ketones (excluding diaryl/α,β-unsaturated/α-hetero) is 2. The number of rotatable bonds is 8. The average molecular weight is 242 g/mol. The molecular weight excluding hydrogens is 224 g/mol. The van der Waals surface area contributed by atoms with E-state index in [1.54, 1.807) is 36.4 Å². The van der Waals surface area contributed by atoms with Gasteiger partial charge in [0, 0.05) is 24.0 Å². The van der Waals surface area contributed by atoms with Crippen LogP contribution in [0.25, 0.3) is 0 Å². The van der Waals surface area contributed by atoms with Gasteiger partial charge in [-0.1, -0.05) is 36.4 Å². The summed E-state index contributed by atoms with van der Waals surface area (Å²) in [4.78, 5) is 24.0. The SMILES string of the molecule is C=CCCC(=O)c1ccccc1C(=O)CCC=C. The van der Waals surface area contributed by atoms with E-state index in [-0.39, 0.29) is 11.6 Å². The molecule has 0 saturated heterocycles. The van der Waals surface area contributed by atoms with Gasteiger partial charge in [-0.15, -0.1) is 13.2 Å². The molecule has 0 N–H and O–H groups in total. The van der Waals surface area contributed by atoms with Gasteiger partial charge in [-0.25, -0.2) is 0 Å². The van der Waals surface area contributed by atoms with E-state index < -0.39 is 0 Å². The van der Waals surface area contributed by atoms with Crippen LogP contribution in [-0.2, 0) is 0 Å². The number of benzene rings is 1. The standard InChI is InChI=1S/C16H18O2/c1-3-5-11-15(17)13-9-7-8-10-14(13)16(18)12-6-4-2/h3-4,7-10H,1-2,5-6,11-12H2. The van der Waals surface area contributed by atoms with Gasteiger partial charge in [-0.3, -0.25) is 9.59 Å². The molecule has 0 fully saturated rings. The molecule has 2 heteroatoms. The van der Waals surface area contributed by atoms with E-state index in [0.29, 0.717) is 36.8 Å². The van der Waals surface area contributed by atoms with Gasteiger partial charge in [-0.2, -0.15) is 0 Å². The largest absolute Gasteiger partial charge is 0.294 e. The monoisotopic (exact) mass is 242 g/mol. The van der Waals surface area contributed by atoms with Crippen molar-refractivity contribution in [3.05, 3.63) is 60.7 Å². The first-order valence-corrected chi connectivity index (χ1v) is 6.08. The molecule has 0 radical (unpaired) electrons. The van der Waals surface area contributed by atoms with Gasteiger partial charge < -0.3 is 0 Å². The molecule has 0 heterocycles. The van der Waals surface area contributed by atoms with Crippen LogP contribution < -0.4 is 0 Å². The van der Waals surface area contributed by atoms with Gasteiger partial charge >= 0.3 is 0 Å². The van der Waals surface area contributed by atoms with Crippen molar-refractivity contribution in [3.63, 3.8) is 0 Å². The first kappa shape index (κ1) is 14.1. The molecule has 0 aliphatic carbocycles. The zero-order valence-electron chi connectivity index (χ0n) is 10.5. The molecule has 0 unspecified atom stereocenters. The van der Waals surface area contributed by atoms with Crippen molar-refractivity contribution >= 4 is 11.6 Å². The second-order valence-corrected chi connectivity index (χ2v) is 4.05. The molecule has 1 aromatic carbocycles. The Morgan fingerprint density at radius 3 is 1.61 bits per heavy atom. The summed E-state index contributed by atoms with van der Waals surface area (Å²) in [5.74, 6) is -0.00472. The van der Waals surface area contributed by atoms with Gasteiger partial charge in [0.15, 0.2) is 11.6 Å². The summed E-state index contributed by atoms with van der Waals surface area (Å²) < 4.78 is 0. The predicted molar refractivity (Wildman–Crippen MR) is 74.0 cm³/mol. The number of hydrogen-bond acceptors (Lipinski definition) is 2. The maximum absolute atomic E-state index is 12.0. The molecule has 0 amide bonds. The van der Waals surface area contributed by atoms with Gasteiger partial charge in [0.25, 0.3) is 0 Å². The van der Waals surface area contributed by atoms with Gasteiger partial charge in [-0.05, 0) is 12.8 Å². The molecule has 94 valence electrons. The zero-order valence-corrected chi connectivity index (χ0v) is 10.5. The number of carbonyl (C=O) groups is 2. The fraction of sp³-hybridized carbons (Fsp3) is 0.250. The predicted octanol–water partition coefficient (Wildman–Crippen LogP) is 3.98. The Bertz CT molecular complexity index is 415. The topological polar surface area (TPSA) is 34.1 Å². The molecular formula is C16H18O2. The van der Waals surface area contributed by atoms with Crippen LogP contribution in [0.2, 0.25) is 0 Å². The molecule has 1 rings (SSSR count). The molecule has 0 aliphatic rings. The molecule has 0 atom stereocenters. The molecule has 0 spiro atoms. The number of allylic oxidation sites excluding steroid dienone is 2. The molecule has 0 aliphatic heterocycles. The summed E-state index contributed by atoms with van der Waals surface area (Å²) in [7, 11) is 0. The minimum atomic E-state index is -0.00236. The van der Waals surface area contributed by atoms with Crippen LogP contribution >= 0.6 is 0 Å². The average Bonchev–Trinajstić information content (AvgIpc) is 2.42. The zero-order chi connectivity index (χ0) is 13.4. The fourth-order valence-corrected chi connectivity index (χ4v) is 1.71. The maximum Gasteiger partial charge on any atom is 0.163 e. The third-order valence-electron chi connectivity index (χ3n) is 2.68. The van der Waals surface area contributed by atoms with Crippen LogP contribution in [0.3, 0.4) is 0 Å². The lowest BCUT2D eigenvalue weighted by atomic mass is 9.96. The Morgan fingerprint density at radius 2 is 1.28 bits per heavy atom. The van der Waals surface area contributed by atoms with Crippen molar-refractivity contribution in [1.29, 1.82) is 0 Å². The minimum Gasteiger partial charge on any atom is -0.294 e. The third-order valence-corrected chi connectivity index (χ3v) is 2.68. The first-order valence-electron chi connectivity index (χ1n) is 6.08. The van der Waals surface area contributed by atoms with Crippen molar-refractivity contribution in [1.82, 2.24) is 0 Å². The highest BCUT2D eigenvalue weighted by molar-refractivity contribution is 6.08. The highest BCUT2D eigenvalue weighted by atomic mass is 16.1. The van der Waals surface area contributed by atoms with E-state index in [0.717, 1.165) is 0 Å². The summed E-state index contributed by atoms with van der Waals surface area (Å²) in [6.07, 6.45) is 5.48. The van der Waals surface area contributed by atoms with E-state index in [2.05, 4.69) is 13.2 Å². The van der Waals surface area contributed by atoms with E-state index in [1.807, 2.05) is 0 Å². The summed E-state index contributed by atoms with van der Waals surface area (Å²) in [5, 5.41) is 0. The van der Waals surface area contributed by atoms with Crippen molar-refractivity contribution in [2.45, 2.75) is 25.7 Å². The Balaban J connectivity index is 2.91. The summed E-state index contributed by atoms with van der Waals surface area (Å²) in [5.41, 5.74) is 1.04. The number of ketones is 2. The molecule has 18 heavy (non-hydrogen) atoms. The number of carbonyl (C=O) groups excluding carboxylic acids is 2. The van der Waals surface area contributed by atoms with Gasteiger partial charge in [0.1, 0.15) is 0 Å². The lowest BCUT2D eigenvalue weighted by Gasteiger charge is -2.06. The number of hydrogen-bond donors (Lipinski definition) is 0. The lowest BCUT2D eigenvalue weighted by Crippen LogP contribution is -2.08. The van der Waals surface area contributed by atoms with Crippen LogP contribution in [0, 0.1) is 0 Å². The van der Waals surface area contributed by atoms with E-state index in [9.17, 15) is 9.59 Å². The molecule has 0 aromatic heterocycles. The minimum absolute atomic E-state index is 0.00236. The van der Waals surface area contributed by atoms with Crippen LogP contribution in [0.5, 0.6) is 0 Å². The Labute approximate surface area is 108 Å². The lowest BCUT2D eigenvalue weighted by molar-refractivity contribution is 0.0950. The van der Waals surface area contributed by atoms with E-state index in [4.69, 9.17) is 0 Å². The molecule has 0 bridgehead atoms. The van der Waals surface area contributed by atoms with E-state index in [1.165, 1.54) is 0 Å². The quantitative estimate of drug-likeness (QED) is 0.510. The first-order chi connectivity index (χ1) is 8.70. The highest BCUT2D eigenvalue weighted by Crippen LogP contribution is 2.15. The second-order valence-electron chi connectivity index (χ2n) is 4.05. The Kier molecular flexibility index (Phi) is 5.78. The normalized spacial score (nSPS) is 9.78. The maximum atomic E-state index is 12.0. The van der Waals surface area contributed by atoms with Crippen LogP contribution in [0.15, 0.2) is 49.6 Å². The smallest absolute Gasteiger partial charge is 0.163 e. The Morgan fingerprint density at radius 1 is 0.889 bits per heavy atom. The van der Waals surface area contributed by atoms with Crippen molar-refractivity contribution in [2.75, 3.05) is 0 Å². The second kappa shape index (κ2) is 7.38. The van der Waals surface area contributed by atoms with E-state index >= 15 is 0 Å². The van der Waals surface area contributed by atoms with Crippen molar-refractivity contribution in [2.24, 2.45) is 0 Å². The molecule has 2 nitrogen and oxygen atoms in total. The van der Waals surface area contributed by atoms with Gasteiger partial charge in [0.05, 0.1) is 0 Å². The van der Waals surface area contributed by atoms with Crippen molar-refractivity contribution in [3.8, 4) is 0 Å². The molecule has 0 saturated carbocycles. The Hall–Kier alpha value is -1.96. The molecule has 1 aromatic rings. The van der Waals surface area contributed by atoms with Crippen LogP contribution in [0.1, 0.15) is 46.4 Å².